The number of fused-ring (bicyclic) bond motifs is 2. The summed E-state index contributed by atoms with van der Waals surface area (Å²) in [6.07, 6.45) is 3.18. The highest BCUT2D eigenvalue weighted by molar-refractivity contribution is 5.95. The number of piperidine rings is 1. The molecule has 6 nitrogen and oxygen atoms in total. The summed E-state index contributed by atoms with van der Waals surface area (Å²) < 4.78 is 16.9. The van der Waals surface area contributed by atoms with Crippen molar-refractivity contribution in [3.63, 3.8) is 0 Å². The molecule has 0 saturated carbocycles. The minimum absolute atomic E-state index is 0.0442. The van der Waals surface area contributed by atoms with Crippen molar-refractivity contribution in [3.05, 3.63) is 89.0 Å². The number of hydrogen-bond acceptors (Lipinski definition) is 5. The zero-order valence-electron chi connectivity index (χ0n) is 20.5. The molecule has 0 aliphatic carbocycles. The second-order valence-electron chi connectivity index (χ2n) is 10.0. The summed E-state index contributed by atoms with van der Waals surface area (Å²) in [6, 6.07) is 22.7. The summed E-state index contributed by atoms with van der Waals surface area (Å²) >= 11 is 0. The fourth-order valence-corrected chi connectivity index (χ4v) is 5.45. The lowest BCUT2D eigenvalue weighted by molar-refractivity contribution is 0.0633. The molecular formula is C30H32N2O4. The van der Waals surface area contributed by atoms with Crippen molar-refractivity contribution in [3.8, 4) is 17.2 Å². The van der Waals surface area contributed by atoms with Crippen LogP contribution in [0.25, 0.3) is 0 Å². The molecule has 6 rings (SSSR count). The van der Waals surface area contributed by atoms with Crippen LogP contribution < -0.4 is 14.2 Å². The van der Waals surface area contributed by atoms with Crippen molar-refractivity contribution in [2.75, 3.05) is 33.0 Å². The van der Waals surface area contributed by atoms with Gasteiger partial charge in [-0.05, 0) is 66.3 Å². The van der Waals surface area contributed by atoms with E-state index in [1.807, 2.05) is 17.0 Å². The average molecular weight is 485 g/mol. The highest BCUT2D eigenvalue weighted by Gasteiger charge is 2.26. The van der Waals surface area contributed by atoms with E-state index in [0.29, 0.717) is 36.1 Å². The molecule has 3 aliphatic heterocycles. The van der Waals surface area contributed by atoms with Gasteiger partial charge in [0.2, 0.25) is 6.79 Å². The van der Waals surface area contributed by atoms with Gasteiger partial charge in [-0.25, -0.2) is 0 Å². The SMILES string of the molecule is O=C(c1ccc2c(c1)OCO2)N1CCCC(COc2ccc(CN3CCc4ccccc4C3)cc2)C1. The first-order chi connectivity index (χ1) is 17.7. The number of hydrogen-bond donors (Lipinski definition) is 0. The van der Waals surface area contributed by atoms with Gasteiger partial charge in [0.05, 0.1) is 6.61 Å². The molecule has 1 fully saturated rings. The second kappa shape index (κ2) is 10.2. The van der Waals surface area contributed by atoms with Crippen molar-refractivity contribution in [1.82, 2.24) is 9.80 Å². The molecule has 0 N–H and O–H groups in total. The van der Waals surface area contributed by atoms with Gasteiger partial charge in [0.1, 0.15) is 5.75 Å². The molecule has 3 aromatic rings. The summed E-state index contributed by atoms with van der Waals surface area (Å²) in [6.45, 7) is 5.38. The predicted octanol–water partition coefficient (Wildman–Crippen LogP) is 4.90. The zero-order valence-corrected chi connectivity index (χ0v) is 20.5. The zero-order chi connectivity index (χ0) is 24.3. The van der Waals surface area contributed by atoms with Crippen molar-refractivity contribution < 1.29 is 19.0 Å². The monoisotopic (exact) mass is 484 g/mol. The third-order valence-electron chi connectivity index (χ3n) is 7.45. The van der Waals surface area contributed by atoms with Crippen LogP contribution in [0.2, 0.25) is 0 Å². The van der Waals surface area contributed by atoms with E-state index in [0.717, 1.165) is 51.2 Å². The molecule has 6 heteroatoms. The maximum atomic E-state index is 13.1. The summed E-state index contributed by atoms with van der Waals surface area (Å²) in [5.41, 5.74) is 4.88. The van der Waals surface area contributed by atoms with Crippen molar-refractivity contribution >= 4 is 5.91 Å². The van der Waals surface area contributed by atoms with Crippen LogP contribution in [-0.4, -0.2) is 48.7 Å². The lowest BCUT2D eigenvalue weighted by atomic mass is 9.98. The fourth-order valence-electron chi connectivity index (χ4n) is 5.45. The fraction of sp³-hybridized carbons (Fsp3) is 0.367. The second-order valence-corrected chi connectivity index (χ2v) is 10.0. The normalized spacial score (nSPS) is 19.1. The van der Waals surface area contributed by atoms with Crippen molar-refractivity contribution in [1.29, 1.82) is 0 Å². The molecule has 0 spiro atoms. The maximum Gasteiger partial charge on any atom is 0.254 e. The minimum atomic E-state index is 0.0442. The highest BCUT2D eigenvalue weighted by atomic mass is 16.7. The Kier molecular flexibility index (Phi) is 6.51. The van der Waals surface area contributed by atoms with Crippen LogP contribution in [0.1, 0.15) is 39.9 Å². The molecule has 186 valence electrons. The molecule has 1 unspecified atom stereocenters. The Bertz CT molecular complexity index is 1230. The first-order valence-corrected chi connectivity index (χ1v) is 12.9. The Morgan fingerprint density at radius 3 is 2.67 bits per heavy atom. The summed E-state index contributed by atoms with van der Waals surface area (Å²) in [4.78, 5) is 17.5. The summed E-state index contributed by atoms with van der Waals surface area (Å²) in [5, 5.41) is 0. The average Bonchev–Trinajstić information content (AvgIpc) is 3.40. The van der Waals surface area contributed by atoms with Crippen LogP contribution in [-0.2, 0) is 19.5 Å². The Labute approximate surface area is 212 Å². The molecule has 3 heterocycles. The molecule has 1 atom stereocenters. The van der Waals surface area contributed by atoms with Gasteiger partial charge in [-0.1, -0.05) is 36.4 Å². The number of likely N-dealkylation sites (tertiary alicyclic amines) is 1. The Morgan fingerprint density at radius 2 is 1.78 bits per heavy atom. The maximum absolute atomic E-state index is 13.1. The van der Waals surface area contributed by atoms with Gasteiger partial charge < -0.3 is 19.1 Å². The first-order valence-electron chi connectivity index (χ1n) is 12.9. The number of carbonyl (C=O) groups is 1. The Hall–Kier alpha value is -3.51. The minimum Gasteiger partial charge on any atom is -0.493 e. The van der Waals surface area contributed by atoms with Crippen LogP contribution in [0, 0.1) is 5.92 Å². The van der Waals surface area contributed by atoms with Gasteiger partial charge in [-0.15, -0.1) is 0 Å². The van der Waals surface area contributed by atoms with Crippen molar-refractivity contribution in [2.45, 2.75) is 32.4 Å². The van der Waals surface area contributed by atoms with E-state index in [1.165, 1.54) is 16.7 Å². The molecule has 1 saturated heterocycles. The van der Waals surface area contributed by atoms with Gasteiger partial charge in [0.15, 0.2) is 11.5 Å². The molecule has 3 aliphatic rings. The van der Waals surface area contributed by atoms with E-state index in [2.05, 4.69) is 53.4 Å². The van der Waals surface area contributed by atoms with E-state index < -0.39 is 0 Å². The molecule has 36 heavy (non-hydrogen) atoms. The van der Waals surface area contributed by atoms with Crippen molar-refractivity contribution in [2.24, 2.45) is 5.92 Å². The van der Waals surface area contributed by atoms with Crippen LogP contribution in [0.5, 0.6) is 17.2 Å². The Morgan fingerprint density at radius 1 is 0.944 bits per heavy atom. The highest BCUT2D eigenvalue weighted by Crippen LogP contribution is 2.33. The number of amides is 1. The van der Waals surface area contributed by atoms with Crippen LogP contribution in [0.3, 0.4) is 0 Å². The quantitative estimate of drug-likeness (QED) is 0.498. The summed E-state index contributed by atoms with van der Waals surface area (Å²) in [5.74, 6) is 2.60. The molecule has 1 amide bonds. The Balaban J connectivity index is 0.999. The molecule has 3 aromatic carbocycles. The molecule has 0 aromatic heterocycles. The van der Waals surface area contributed by atoms with Crippen LogP contribution in [0.15, 0.2) is 66.7 Å². The van der Waals surface area contributed by atoms with Gasteiger partial charge in [0.25, 0.3) is 5.91 Å². The molecule has 0 bridgehead atoms. The van der Waals surface area contributed by atoms with E-state index >= 15 is 0 Å². The number of benzene rings is 3. The lowest BCUT2D eigenvalue weighted by Gasteiger charge is -2.32. The van der Waals surface area contributed by atoms with Gasteiger partial charge in [-0.2, -0.15) is 0 Å². The third-order valence-corrected chi connectivity index (χ3v) is 7.45. The van der Waals surface area contributed by atoms with Gasteiger partial charge in [0, 0.05) is 44.2 Å². The van der Waals surface area contributed by atoms with Crippen LogP contribution >= 0.6 is 0 Å². The molecule has 0 radical (unpaired) electrons. The number of rotatable bonds is 6. The van der Waals surface area contributed by atoms with E-state index in [9.17, 15) is 4.79 Å². The standard InChI is InChI=1S/C30H32N2O4/c33-30(25-9-12-28-29(16-25)36-21-35-28)32-14-3-4-23(18-32)20-34-27-10-7-22(8-11-27)17-31-15-13-24-5-1-2-6-26(24)19-31/h1-2,5-12,16,23H,3-4,13-15,17-21H2. The van der Waals surface area contributed by atoms with E-state index in [-0.39, 0.29) is 12.7 Å². The topological polar surface area (TPSA) is 51.2 Å². The van der Waals surface area contributed by atoms with Crippen LogP contribution in [0.4, 0.5) is 0 Å². The van der Waals surface area contributed by atoms with Gasteiger partial charge >= 0.3 is 0 Å². The first kappa shape index (κ1) is 22.9. The van der Waals surface area contributed by atoms with Gasteiger partial charge in [-0.3, -0.25) is 9.69 Å². The van der Waals surface area contributed by atoms with E-state index in [4.69, 9.17) is 14.2 Å². The molecular weight excluding hydrogens is 452 g/mol. The number of nitrogens with zero attached hydrogens (tertiary/aromatic N) is 2. The van der Waals surface area contributed by atoms with E-state index in [1.54, 1.807) is 6.07 Å². The number of ether oxygens (including phenoxy) is 3. The summed E-state index contributed by atoms with van der Waals surface area (Å²) in [7, 11) is 0. The smallest absolute Gasteiger partial charge is 0.254 e. The lowest BCUT2D eigenvalue weighted by Crippen LogP contribution is -2.41. The largest absolute Gasteiger partial charge is 0.493 e. The predicted molar refractivity (Wildman–Crippen MR) is 137 cm³/mol. The third kappa shape index (κ3) is 5.05. The number of carbonyl (C=O) groups excluding carboxylic acids is 1.